The zero-order chi connectivity index (χ0) is 39.2. The second-order valence-electron chi connectivity index (χ2n) is 16.0. The summed E-state index contributed by atoms with van der Waals surface area (Å²) < 4.78 is 4.84. The topological polar surface area (TPSA) is 48.5 Å². The van der Waals surface area contributed by atoms with Gasteiger partial charge in [-0.25, -0.2) is 15.0 Å². The lowest BCUT2D eigenvalue weighted by molar-refractivity contribution is 0.661. The van der Waals surface area contributed by atoms with Gasteiger partial charge in [0.25, 0.3) is 0 Å². The van der Waals surface area contributed by atoms with Crippen molar-refractivity contribution in [2.24, 2.45) is 0 Å². The van der Waals surface area contributed by atoms with Gasteiger partial charge in [0, 0.05) is 49.3 Å². The molecule has 3 aromatic heterocycles. The van der Waals surface area contributed by atoms with Crippen molar-refractivity contribution >= 4 is 43.6 Å². The van der Waals surface area contributed by atoms with Crippen molar-refractivity contribution in [1.82, 2.24) is 24.1 Å². The van der Waals surface area contributed by atoms with E-state index in [-0.39, 0.29) is 5.41 Å². The molecule has 0 radical (unpaired) electrons. The van der Waals surface area contributed by atoms with E-state index in [1.165, 1.54) is 49.3 Å². The molecule has 0 bridgehead atoms. The van der Waals surface area contributed by atoms with Gasteiger partial charge in [0.1, 0.15) is 0 Å². The molecule has 1 aliphatic rings. The van der Waals surface area contributed by atoms with Gasteiger partial charge in [-0.15, -0.1) is 0 Å². The molecular formula is C54H37N5. The first-order valence-electron chi connectivity index (χ1n) is 20.2. The zero-order valence-corrected chi connectivity index (χ0v) is 32.6. The van der Waals surface area contributed by atoms with Crippen LogP contribution in [0.25, 0.3) is 100 Å². The Morgan fingerprint density at radius 1 is 0.356 bits per heavy atom. The largest absolute Gasteiger partial charge is 0.309 e. The Morgan fingerprint density at radius 2 is 0.864 bits per heavy atom. The predicted octanol–water partition coefficient (Wildman–Crippen LogP) is 13.4. The van der Waals surface area contributed by atoms with Gasteiger partial charge >= 0.3 is 0 Å². The highest BCUT2D eigenvalue weighted by atomic mass is 15.1. The summed E-state index contributed by atoms with van der Waals surface area (Å²) in [6.45, 7) is 4.71. The van der Waals surface area contributed by atoms with Gasteiger partial charge in [-0.2, -0.15) is 0 Å². The molecule has 12 rings (SSSR count). The fraction of sp³-hybridized carbons (Fsp3) is 0.0556. The molecule has 0 spiro atoms. The van der Waals surface area contributed by atoms with Crippen molar-refractivity contribution in [2.75, 3.05) is 0 Å². The van der Waals surface area contributed by atoms with Crippen molar-refractivity contribution in [3.63, 3.8) is 0 Å². The van der Waals surface area contributed by atoms with E-state index in [4.69, 9.17) is 15.0 Å². The molecule has 0 saturated heterocycles. The Morgan fingerprint density at radius 3 is 1.49 bits per heavy atom. The Kier molecular flexibility index (Phi) is 7.20. The van der Waals surface area contributed by atoms with Gasteiger partial charge in [0.2, 0.25) is 0 Å². The number of para-hydroxylation sites is 3. The van der Waals surface area contributed by atoms with Crippen LogP contribution < -0.4 is 0 Å². The number of nitrogens with zero attached hydrogens (tertiary/aromatic N) is 5. The summed E-state index contributed by atoms with van der Waals surface area (Å²) in [5, 5.41) is 4.86. The van der Waals surface area contributed by atoms with Crippen LogP contribution in [-0.2, 0) is 5.41 Å². The van der Waals surface area contributed by atoms with Crippen molar-refractivity contribution in [1.29, 1.82) is 0 Å². The van der Waals surface area contributed by atoms with Crippen LogP contribution in [0.4, 0.5) is 0 Å². The predicted molar refractivity (Wildman–Crippen MR) is 242 cm³/mol. The fourth-order valence-electron chi connectivity index (χ4n) is 9.59. The normalized spacial score (nSPS) is 13.1. The van der Waals surface area contributed by atoms with Gasteiger partial charge in [0.05, 0.1) is 27.8 Å². The quantitative estimate of drug-likeness (QED) is 0.176. The van der Waals surface area contributed by atoms with E-state index in [0.717, 1.165) is 44.6 Å². The van der Waals surface area contributed by atoms with E-state index in [1.54, 1.807) is 0 Å². The van der Waals surface area contributed by atoms with E-state index in [2.05, 4.69) is 175 Å². The number of hydrogen-bond acceptors (Lipinski definition) is 3. The van der Waals surface area contributed by atoms with Gasteiger partial charge in [-0.05, 0) is 70.8 Å². The average molecular weight is 756 g/mol. The Balaban J connectivity index is 1.17. The Hall–Kier alpha value is -7.63. The van der Waals surface area contributed by atoms with Gasteiger partial charge in [-0.3, -0.25) is 0 Å². The molecule has 0 fully saturated rings. The van der Waals surface area contributed by atoms with Gasteiger partial charge in [-0.1, -0.05) is 153 Å². The molecule has 8 aromatic carbocycles. The van der Waals surface area contributed by atoms with Crippen LogP contribution in [-0.4, -0.2) is 24.1 Å². The van der Waals surface area contributed by atoms with E-state index in [9.17, 15) is 0 Å². The van der Waals surface area contributed by atoms with Crippen molar-refractivity contribution in [3.8, 4) is 56.7 Å². The Bertz CT molecular complexity index is 3350. The monoisotopic (exact) mass is 755 g/mol. The first kappa shape index (κ1) is 33.5. The Labute approximate surface area is 341 Å². The van der Waals surface area contributed by atoms with Crippen molar-refractivity contribution < 1.29 is 0 Å². The summed E-state index contributed by atoms with van der Waals surface area (Å²) >= 11 is 0. The number of aromatic nitrogens is 5. The molecule has 59 heavy (non-hydrogen) atoms. The lowest BCUT2D eigenvalue weighted by atomic mass is 9.82. The van der Waals surface area contributed by atoms with Crippen molar-refractivity contribution in [2.45, 2.75) is 19.3 Å². The number of benzene rings is 8. The highest BCUT2D eigenvalue weighted by Crippen LogP contribution is 2.51. The summed E-state index contributed by atoms with van der Waals surface area (Å²) in [6.07, 6.45) is 0. The summed E-state index contributed by atoms with van der Waals surface area (Å²) in [4.78, 5) is 15.6. The van der Waals surface area contributed by atoms with Gasteiger partial charge < -0.3 is 9.13 Å². The van der Waals surface area contributed by atoms with Crippen LogP contribution in [0.1, 0.15) is 25.0 Å². The van der Waals surface area contributed by atoms with Gasteiger partial charge in [0.15, 0.2) is 17.5 Å². The minimum absolute atomic E-state index is 0.134. The maximum absolute atomic E-state index is 5.25. The molecule has 0 N–H and O–H groups in total. The van der Waals surface area contributed by atoms with E-state index < -0.39 is 0 Å². The molecule has 0 atom stereocenters. The fourth-order valence-corrected chi connectivity index (χ4v) is 9.59. The summed E-state index contributed by atoms with van der Waals surface area (Å²) in [7, 11) is 0. The number of hydrogen-bond donors (Lipinski definition) is 0. The standard InChI is InChI=1S/C54H37N5/c1-54(2)44-25-13-9-21-37(44)42-32-43-40-24-12-14-26-46(40)58(50(43)33-45(42)54)36-29-30-41(49(31-36)59-47-27-15-10-22-38(47)39-23-11-16-28-48(39)59)53-56-51(34-17-5-3-6-18-34)55-52(57-53)35-19-7-4-8-20-35/h3-33H,1-2H3. The highest BCUT2D eigenvalue weighted by molar-refractivity contribution is 6.12. The molecular weight excluding hydrogens is 719 g/mol. The van der Waals surface area contributed by atoms with E-state index in [1.807, 2.05) is 36.4 Å². The molecule has 1 aliphatic carbocycles. The van der Waals surface area contributed by atoms with Crippen molar-refractivity contribution in [3.05, 3.63) is 199 Å². The van der Waals surface area contributed by atoms with E-state index >= 15 is 0 Å². The van der Waals surface area contributed by atoms with Crippen LogP contribution in [0.15, 0.2) is 188 Å². The lowest BCUT2D eigenvalue weighted by Crippen LogP contribution is -2.15. The third-order valence-corrected chi connectivity index (χ3v) is 12.4. The molecule has 11 aromatic rings. The lowest BCUT2D eigenvalue weighted by Gasteiger charge is -2.22. The second-order valence-corrected chi connectivity index (χ2v) is 16.0. The van der Waals surface area contributed by atoms with Crippen LogP contribution >= 0.6 is 0 Å². The third-order valence-electron chi connectivity index (χ3n) is 12.4. The molecule has 278 valence electrons. The summed E-state index contributed by atoms with van der Waals surface area (Å²) in [6, 6.07) is 67.1. The first-order valence-corrected chi connectivity index (χ1v) is 20.2. The summed E-state index contributed by atoms with van der Waals surface area (Å²) in [5.74, 6) is 1.87. The molecule has 0 amide bonds. The number of fused-ring (bicyclic) bond motifs is 9. The highest BCUT2D eigenvalue weighted by Gasteiger charge is 2.36. The van der Waals surface area contributed by atoms with Crippen LogP contribution in [0.3, 0.4) is 0 Å². The van der Waals surface area contributed by atoms with Crippen LogP contribution in [0.5, 0.6) is 0 Å². The minimum atomic E-state index is -0.134. The zero-order valence-electron chi connectivity index (χ0n) is 32.6. The maximum atomic E-state index is 5.25. The van der Waals surface area contributed by atoms with Crippen LogP contribution in [0, 0.1) is 0 Å². The molecule has 5 heteroatoms. The smallest absolute Gasteiger partial charge is 0.166 e. The molecule has 5 nitrogen and oxygen atoms in total. The van der Waals surface area contributed by atoms with E-state index in [0.29, 0.717) is 17.5 Å². The van der Waals surface area contributed by atoms with Crippen LogP contribution in [0.2, 0.25) is 0 Å². The second kappa shape index (κ2) is 12.7. The maximum Gasteiger partial charge on any atom is 0.166 e. The molecule has 0 unspecified atom stereocenters. The molecule has 0 aliphatic heterocycles. The third kappa shape index (κ3) is 5.01. The average Bonchev–Trinajstić information content (AvgIpc) is 3.89. The molecule has 3 heterocycles. The summed E-state index contributed by atoms with van der Waals surface area (Å²) in [5.41, 5.74) is 14.7. The number of rotatable bonds is 5. The SMILES string of the molecule is CC1(C)c2ccccc2-c2cc3c4ccccc4n(-c4ccc(-c5nc(-c6ccccc6)nc(-c6ccccc6)n5)c(-n5c6ccccc6c6ccccc65)c4)c3cc21. The molecule has 0 saturated carbocycles. The first-order chi connectivity index (χ1) is 29.0. The minimum Gasteiger partial charge on any atom is -0.309 e.